The maximum atomic E-state index is 12.7. The van der Waals surface area contributed by atoms with Gasteiger partial charge in [-0.1, -0.05) is 48.5 Å². The minimum Gasteiger partial charge on any atom is -0.345 e. The predicted octanol–water partition coefficient (Wildman–Crippen LogP) is 2.66. The summed E-state index contributed by atoms with van der Waals surface area (Å²) in [5.41, 5.74) is 0.975. The number of thioether (sulfide) groups is 1. The molecule has 0 radical (unpaired) electrons. The maximum Gasteiger partial charge on any atom is 0.244 e. The summed E-state index contributed by atoms with van der Waals surface area (Å²) in [4.78, 5) is 28.6. The van der Waals surface area contributed by atoms with E-state index in [2.05, 4.69) is 10.3 Å². The molecule has 1 amide bonds. The minimum absolute atomic E-state index is 0.0871. The third-order valence-corrected chi connectivity index (χ3v) is 7.95. The molecule has 1 aliphatic heterocycles. The number of pyridine rings is 1. The van der Waals surface area contributed by atoms with Gasteiger partial charge >= 0.3 is 0 Å². The van der Waals surface area contributed by atoms with Crippen LogP contribution in [0.25, 0.3) is 0 Å². The Morgan fingerprint density at radius 2 is 1.81 bits per heavy atom. The van der Waals surface area contributed by atoms with E-state index in [1.165, 1.54) is 35.3 Å². The quantitative estimate of drug-likeness (QED) is 0.577. The topological polar surface area (TPSA) is 96.4 Å². The molecular formula is C22H27N3O4S2. The number of benzene rings is 1. The monoisotopic (exact) mass is 461 g/mol. The second-order valence-corrected chi connectivity index (χ2v) is 10.4. The van der Waals surface area contributed by atoms with E-state index in [-0.39, 0.29) is 22.3 Å². The zero-order valence-electron chi connectivity index (χ0n) is 17.5. The van der Waals surface area contributed by atoms with E-state index in [4.69, 9.17) is 0 Å². The molecule has 1 aromatic carbocycles. The number of nitrogens with one attached hydrogen (secondary N) is 1. The lowest BCUT2D eigenvalue weighted by molar-refractivity contribution is -0.125. The normalized spacial score (nSPS) is 15.9. The first-order valence-corrected chi connectivity index (χ1v) is 12.7. The number of ketones is 1. The standard InChI is InChI=1S/C22H27N3O4S2/c1-17(26)20(14-18-8-4-2-5-9-18)24-21(27)16-30-22-11-10-19(15-23-22)31(28,29)25-12-6-3-7-13-25/h2,4-5,8-11,15,20H,3,6-7,12-14,16H2,1H3,(H,24,27)/t20-/m1/s1. The van der Waals surface area contributed by atoms with Crippen LogP contribution >= 0.6 is 11.8 Å². The highest BCUT2D eigenvalue weighted by Gasteiger charge is 2.26. The lowest BCUT2D eigenvalue weighted by Gasteiger charge is -2.25. The van der Waals surface area contributed by atoms with Crippen molar-refractivity contribution in [1.29, 1.82) is 0 Å². The van der Waals surface area contributed by atoms with E-state index in [1.54, 1.807) is 6.07 Å². The lowest BCUT2D eigenvalue weighted by Crippen LogP contribution is -2.42. The third kappa shape index (κ3) is 6.62. The lowest BCUT2D eigenvalue weighted by atomic mass is 10.0. The van der Waals surface area contributed by atoms with Gasteiger partial charge in [0.2, 0.25) is 15.9 Å². The van der Waals surface area contributed by atoms with Crippen LogP contribution in [0.5, 0.6) is 0 Å². The molecule has 3 rings (SSSR count). The number of Topliss-reactive ketones (excluding diaryl/α,β-unsaturated/α-hetero) is 1. The summed E-state index contributed by atoms with van der Waals surface area (Å²) < 4.78 is 26.9. The summed E-state index contributed by atoms with van der Waals surface area (Å²) in [6.45, 7) is 2.54. The van der Waals surface area contributed by atoms with Crippen LogP contribution in [0.2, 0.25) is 0 Å². The average Bonchev–Trinajstić information content (AvgIpc) is 2.79. The van der Waals surface area contributed by atoms with Gasteiger partial charge in [-0.2, -0.15) is 4.31 Å². The minimum atomic E-state index is -3.52. The molecule has 1 N–H and O–H groups in total. The summed E-state index contributed by atoms with van der Waals surface area (Å²) in [7, 11) is -3.52. The predicted molar refractivity (Wildman–Crippen MR) is 120 cm³/mol. The van der Waals surface area contributed by atoms with Crippen LogP contribution in [0.3, 0.4) is 0 Å². The van der Waals surface area contributed by atoms with Crippen molar-refractivity contribution in [3.05, 3.63) is 54.2 Å². The number of amides is 1. The SMILES string of the molecule is CC(=O)[C@@H](Cc1ccccc1)NC(=O)CSc1ccc(S(=O)(=O)N2CCCCC2)cn1. The molecule has 1 atom stereocenters. The summed E-state index contributed by atoms with van der Waals surface area (Å²) >= 11 is 1.20. The highest BCUT2D eigenvalue weighted by Crippen LogP contribution is 2.22. The van der Waals surface area contributed by atoms with Gasteiger partial charge in [0, 0.05) is 19.3 Å². The fourth-order valence-electron chi connectivity index (χ4n) is 3.38. The van der Waals surface area contributed by atoms with Crippen molar-refractivity contribution in [1.82, 2.24) is 14.6 Å². The molecule has 31 heavy (non-hydrogen) atoms. The summed E-state index contributed by atoms with van der Waals surface area (Å²) in [6, 6.07) is 12.1. The fourth-order valence-corrected chi connectivity index (χ4v) is 5.50. The number of hydrogen-bond acceptors (Lipinski definition) is 6. The van der Waals surface area contributed by atoms with Crippen LogP contribution in [-0.4, -0.2) is 54.3 Å². The van der Waals surface area contributed by atoms with E-state index in [9.17, 15) is 18.0 Å². The van der Waals surface area contributed by atoms with Crippen molar-refractivity contribution in [2.75, 3.05) is 18.8 Å². The van der Waals surface area contributed by atoms with Gasteiger partial charge in [0.05, 0.1) is 16.8 Å². The Kier molecular flexibility index (Phi) is 8.22. The molecule has 1 fully saturated rings. The Morgan fingerprint density at radius 3 is 2.42 bits per heavy atom. The summed E-state index contributed by atoms with van der Waals surface area (Å²) in [5, 5.41) is 3.33. The van der Waals surface area contributed by atoms with E-state index < -0.39 is 16.1 Å². The molecule has 1 aliphatic rings. The first-order valence-electron chi connectivity index (χ1n) is 10.3. The van der Waals surface area contributed by atoms with Gasteiger partial charge < -0.3 is 5.32 Å². The molecule has 0 aliphatic carbocycles. The smallest absolute Gasteiger partial charge is 0.244 e. The van der Waals surface area contributed by atoms with Crippen molar-refractivity contribution < 1.29 is 18.0 Å². The number of aromatic nitrogens is 1. The van der Waals surface area contributed by atoms with Crippen LogP contribution in [-0.2, 0) is 26.0 Å². The Labute approximate surface area is 187 Å². The van der Waals surface area contributed by atoms with Gasteiger partial charge in [0.15, 0.2) is 5.78 Å². The summed E-state index contributed by atoms with van der Waals surface area (Å²) in [5.74, 6) is -0.287. The average molecular weight is 462 g/mol. The number of hydrogen-bond donors (Lipinski definition) is 1. The molecule has 0 bridgehead atoms. The Hall–Kier alpha value is -2.23. The Balaban J connectivity index is 1.54. The van der Waals surface area contributed by atoms with Crippen molar-refractivity contribution >= 4 is 33.5 Å². The highest BCUT2D eigenvalue weighted by atomic mass is 32.2. The van der Waals surface area contributed by atoms with Gasteiger partial charge in [-0.25, -0.2) is 13.4 Å². The molecule has 1 saturated heterocycles. The summed E-state index contributed by atoms with van der Waals surface area (Å²) in [6.07, 6.45) is 4.59. The first-order chi connectivity index (χ1) is 14.9. The van der Waals surface area contributed by atoms with Crippen LogP contribution in [0.4, 0.5) is 0 Å². The Morgan fingerprint density at radius 1 is 1.10 bits per heavy atom. The number of rotatable bonds is 9. The van der Waals surface area contributed by atoms with Gasteiger partial charge in [-0.3, -0.25) is 9.59 Å². The van der Waals surface area contributed by atoms with E-state index in [0.29, 0.717) is 24.5 Å². The van der Waals surface area contributed by atoms with Crippen LogP contribution in [0, 0.1) is 0 Å². The van der Waals surface area contributed by atoms with Gasteiger partial charge in [0.25, 0.3) is 0 Å². The number of piperidine rings is 1. The molecule has 1 aromatic heterocycles. The maximum absolute atomic E-state index is 12.7. The van der Waals surface area contributed by atoms with E-state index in [1.807, 2.05) is 30.3 Å². The van der Waals surface area contributed by atoms with Crippen LogP contribution in [0.1, 0.15) is 31.7 Å². The van der Waals surface area contributed by atoms with Crippen LogP contribution in [0.15, 0.2) is 58.6 Å². The van der Waals surface area contributed by atoms with E-state index in [0.717, 1.165) is 24.8 Å². The van der Waals surface area contributed by atoms with Crippen molar-refractivity contribution in [3.8, 4) is 0 Å². The molecule has 9 heteroatoms. The van der Waals surface area contributed by atoms with Gasteiger partial charge in [-0.15, -0.1) is 0 Å². The number of carbonyl (C=O) groups excluding carboxylic acids is 2. The molecule has 7 nitrogen and oxygen atoms in total. The van der Waals surface area contributed by atoms with Crippen molar-refractivity contribution in [2.24, 2.45) is 0 Å². The zero-order valence-corrected chi connectivity index (χ0v) is 19.1. The second kappa shape index (κ2) is 10.9. The molecule has 2 heterocycles. The van der Waals surface area contributed by atoms with Crippen LogP contribution < -0.4 is 5.32 Å². The van der Waals surface area contributed by atoms with Gasteiger partial charge in [0.1, 0.15) is 4.90 Å². The molecule has 0 saturated carbocycles. The third-order valence-electron chi connectivity index (χ3n) is 5.12. The number of carbonyl (C=O) groups is 2. The zero-order chi connectivity index (χ0) is 22.3. The van der Waals surface area contributed by atoms with Crippen molar-refractivity contribution in [3.63, 3.8) is 0 Å². The first kappa shape index (κ1) is 23.4. The molecule has 2 aromatic rings. The van der Waals surface area contributed by atoms with E-state index >= 15 is 0 Å². The Bertz CT molecular complexity index is 989. The van der Waals surface area contributed by atoms with Crippen molar-refractivity contribution in [2.45, 2.75) is 48.6 Å². The molecular weight excluding hydrogens is 434 g/mol. The molecule has 0 spiro atoms. The van der Waals surface area contributed by atoms with Gasteiger partial charge in [-0.05, 0) is 43.9 Å². The number of sulfonamides is 1. The second-order valence-electron chi connectivity index (χ2n) is 7.51. The highest BCUT2D eigenvalue weighted by molar-refractivity contribution is 7.99. The molecule has 166 valence electrons. The number of nitrogens with zero attached hydrogens (tertiary/aromatic N) is 2. The largest absolute Gasteiger partial charge is 0.345 e. The molecule has 0 unspecified atom stereocenters. The fraction of sp³-hybridized carbons (Fsp3) is 0.409.